The highest BCUT2D eigenvalue weighted by atomic mass is 32.1. The first-order valence-electron chi connectivity index (χ1n) is 8.66. The molecular formula is C19H17N5O2S. The van der Waals surface area contributed by atoms with Gasteiger partial charge < -0.3 is 14.7 Å². The van der Waals surface area contributed by atoms with Crippen molar-refractivity contribution in [2.24, 2.45) is 0 Å². The van der Waals surface area contributed by atoms with Gasteiger partial charge in [-0.15, -0.1) is 0 Å². The number of hydrogen-bond acceptors (Lipinski definition) is 6. The number of nitriles is 1. The number of thiophene rings is 1. The van der Waals surface area contributed by atoms with Crippen LogP contribution in [0.15, 0.2) is 45.6 Å². The van der Waals surface area contributed by atoms with Crippen molar-refractivity contribution in [1.82, 2.24) is 15.0 Å². The number of para-hydroxylation sites is 1. The highest BCUT2D eigenvalue weighted by Gasteiger charge is 2.28. The predicted octanol–water partition coefficient (Wildman–Crippen LogP) is 4.08. The van der Waals surface area contributed by atoms with Gasteiger partial charge in [-0.25, -0.2) is 4.79 Å². The third-order valence-electron chi connectivity index (χ3n) is 4.64. The Bertz CT molecular complexity index is 968. The van der Waals surface area contributed by atoms with Crippen LogP contribution >= 0.6 is 11.3 Å². The molecule has 7 nitrogen and oxygen atoms in total. The Kier molecular flexibility index (Phi) is 4.85. The van der Waals surface area contributed by atoms with E-state index in [2.05, 4.69) is 21.5 Å². The lowest BCUT2D eigenvalue weighted by Gasteiger charge is -2.30. The van der Waals surface area contributed by atoms with E-state index in [4.69, 9.17) is 9.78 Å². The van der Waals surface area contributed by atoms with Crippen molar-refractivity contribution in [1.29, 1.82) is 5.26 Å². The SMILES string of the molecule is N#Cc1ccccc1NC(=O)N1CCC(c2nc(-c3ccsc3)no2)CC1. The summed E-state index contributed by atoms with van der Waals surface area (Å²) in [6, 6.07) is 10.8. The van der Waals surface area contributed by atoms with Gasteiger partial charge in [0.15, 0.2) is 0 Å². The van der Waals surface area contributed by atoms with E-state index in [0.717, 1.165) is 18.4 Å². The molecule has 27 heavy (non-hydrogen) atoms. The molecule has 3 aromatic rings. The molecule has 1 aromatic carbocycles. The summed E-state index contributed by atoms with van der Waals surface area (Å²) in [5, 5.41) is 20.0. The average molecular weight is 379 g/mol. The lowest BCUT2D eigenvalue weighted by molar-refractivity contribution is 0.187. The van der Waals surface area contributed by atoms with Crippen molar-refractivity contribution in [3.8, 4) is 17.5 Å². The van der Waals surface area contributed by atoms with Crippen LogP contribution in [0.3, 0.4) is 0 Å². The fraction of sp³-hybridized carbons (Fsp3) is 0.263. The second kappa shape index (κ2) is 7.60. The first-order valence-corrected chi connectivity index (χ1v) is 9.60. The molecule has 136 valence electrons. The first-order chi connectivity index (χ1) is 13.2. The van der Waals surface area contributed by atoms with Crippen molar-refractivity contribution in [2.45, 2.75) is 18.8 Å². The molecule has 0 saturated carbocycles. The molecular weight excluding hydrogens is 362 g/mol. The maximum atomic E-state index is 12.5. The summed E-state index contributed by atoms with van der Waals surface area (Å²) < 4.78 is 5.44. The van der Waals surface area contributed by atoms with Gasteiger partial charge in [0.2, 0.25) is 11.7 Å². The van der Waals surface area contributed by atoms with Gasteiger partial charge in [-0.05, 0) is 36.4 Å². The molecule has 1 aliphatic rings. The number of carbonyl (C=O) groups excluding carboxylic acids is 1. The Hall–Kier alpha value is -3.18. The van der Waals surface area contributed by atoms with Crippen LogP contribution in [0.4, 0.5) is 10.5 Å². The number of likely N-dealkylation sites (tertiary alicyclic amines) is 1. The van der Waals surface area contributed by atoms with Gasteiger partial charge in [-0.3, -0.25) is 0 Å². The number of aromatic nitrogens is 2. The monoisotopic (exact) mass is 379 g/mol. The van der Waals surface area contributed by atoms with Crippen molar-refractivity contribution >= 4 is 23.1 Å². The third-order valence-corrected chi connectivity index (χ3v) is 5.32. The van der Waals surface area contributed by atoms with Gasteiger partial charge in [-0.2, -0.15) is 21.6 Å². The van der Waals surface area contributed by atoms with E-state index in [1.807, 2.05) is 16.8 Å². The summed E-state index contributed by atoms with van der Waals surface area (Å²) >= 11 is 1.59. The Morgan fingerprint density at radius 2 is 2.11 bits per heavy atom. The van der Waals surface area contributed by atoms with E-state index in [1.54, 1.807) is 40.5 Å². The first kappa shape index (κ1) is 17.2. The molecule has 0 bridgehead atoms. The molecule has 1 fully saturated rings. The number of piperidine rings is 1. The molecule has 0 atom stereocenters. The topological polar surface area (TPSA) is 95.1 Å². The van der Waals surface area contributed by atoms with Gasteiger partial charge >= 0.3 is 6.03 Å². The molecule has 0 spiro atoms. The van der Waals surface area contributed by atoms with Gasteiger partial charge in [0, 0.05) is 30.0 Å². The zero-order valence-corrected chi connectivity index (χ0v) is 15.3. The molecule has 1 saturated heterocycles. The van der Waals surface area contributed by atoms with Crippen LogP contribution in [0.5, 0.6) is 0 Å². The summed E-state index contributed by atoms with van der Waals surface area (Å²) in [6.07, 6.45) is 1.52. The number of carbonyl (C=O) groups is 1. The van der Waals surface area contributed by atoms with Gasteiger partial charge in [0.25, 0.3) is 0 Å². The van der Waals surface area contributed by atoms with E-state index >= 15 is 0 Å². The van der Waals surface area contributed by atoms with Crippen LogP contribution in [0, 0.1) is 11.3 Å². The molecule has 0 aliphatic carbocycles. The highest BCUT2D eigenvalue weighted by Crippen LogP contribution is 2.29. The number of amides is 2. The van der Waals surface area contributed by atoms with Gasteiger partial charge in [-0.1, -0.05) is 17.3 Å². The van der Waals surface area contributed by atoms with Crippen molar-refractivity contribution < 1.29 is 9.32 Å². The van der Waals surface area contributed by atoms with Crippen LogP contribution in [0.25, 0.3) is 11.4 Å². The molecule has 8 heteroatoms. The minimum Gasteiger partial charge on any atom is -0.339 e. The number of nitrogens with one attached hydrogen (secondary N) is 1. The van der Waals surface area contributed by atoms with Crippen LogP contribution in [-0.4, -0.2) is 34.2 Å². The second-order valence-electron chi connectivity index (χ2n) is 6.32. The molecule has 0 radical (unpaired) electrons. The number of hydrogen-bond donors (Lipinski definition) is 1. The van der Waals surface area contributed by atoms with Crippen molar-refractivity contribution in [3.63, 3.8) is 0 Å². The van der Waals surface area contributed by atoms with E-state index in [1.165, 1.54) is 0 Å². The van der Waals surface area contributed by atoms with Crippen LogP contribution in [0.2, 0.25) is 0 Å². The molecule has 0 unspecified atom stereocenters. The summed E-state index contributed by atoms with van der Waals surface area (Å²) in [4.78, 5) is 18.8. The Balaban J connectivity index is 1.36. The molecule has 3 heterocycles. The predicted molar refractivity (Wildman–Crippen MR) is 101 cm³/mol. The molecule has 4 rings (SSSR count). The van der Waals surface area contributed by atoms with Gasteiger partial charge in [0.1, 0.15) is 6.07 Å². The summed E-state index contributed by atoms with van der Waals surface area (Å²) in [5.74, 6) is 1.39. The number of urea groups is 1. The Morgan fingerprint density at radius 3 is 2.85 bits per heavy atom. The van der Waals surface area contributed by atoms with E-state index in [9.17, 15) is 4.79 Å². The third kappa shape index (κ3) is 3.68. The summed E-state index contributed by atoms with van der Waals surface area (Å²) in [7, 11) is 0. The van der Waals surface area contributed by atoms with E-state index in [0.29, 0.717) is 36.1 Å². The minimum atomic E-state index is -0.194. The van der Waals surface area contributed by atoms with Crippen LogP contribution in [0.1, 0.15) is 30.2 Å². The van der Waals surface area contributed by atoms with Crippen molar-refractivity contribution in [3.05, 3.63) is 52.5 Å². The number of nitrogens with zero attached hydrogens (tertiary/aromatic N) is 4. The summed E-state index contributed by atoms with van der Waals surface area (Å²) in [5.41, 5.74) is 1.94. The Labute approximate surface area is 160 Å². The molecule has 2 aromatic heterocycles. The largest absolute Gasteiger partial charge is 0.339 e. The standard InChI is InChI=1S/C19H17N5O2S/c20-11-14-3-1-2-4-16(14)21-19(25)24-8-5-13(6-9-24)18-22-17(23-26-18)15-7-10-27-12-15/h1-4,7,10,12-13H,5-6,8-9H2,(H,21,25). The maximum absolute atomic E-state index is 12.5. The number of rotatable bonds is 3. The fourth-order valence-corrected chi connectivity index (χ4v) is 3.76. The number of benzene rings is 1. The quantitative estimate of drug-likeness (QED) is 0.740. The summed E-state index contributed by atoms with van der Waals surface area (Å²) in [6.45, 7) is 1.20. The molecule has 2 amide bonds. The molecule has 1 N–H and O–H groups in total. The van der Waals surface area contributed by atoms with Crippen molar-refractivity contribution in [2.75, 3.05) is 18.4 Å². The molecule has 1 aliphatic heterocycles. The normalized spacial score (nSPS) is 14.7. The lowest BCUT2D eigenvalue weighted by Crippen LogP contribution is -2.40. The smallest absolute Gasteiger partial charge is 0.321 e. The Morgan fingerprint density at radius 1 is 1.30 bits per heavy atom. The lowest BCUT2D eigenvalue weighted by atomic mass is 9.97. The zero-order valence-electron chi connectivity index (χ0n) is 14.5. The van der Waals surface area contributed by atoms with Crippen LogP contribution in [-0.2, 0) is 0 Å². The van der Waals surface area contributed by atoms with Crippen LogP contribution < -0.4 is 5.32 Å². The van der Waals surface area contributed by atoms with Gasteiger partial charge in [0.05, 0.1) is 11.3 Å². The number of anilines is 1. The zero-order chi connectivity index (χ0) is 18.6. The van der Waals surface area contributed by atoms with E-state index < -0.39 is 0 Å². The maximum Gasteiger partial charge on any atom is 0.321 e. The highest BCUT2D eigenvalue weighted by molar-refractivity contribution is 7.08. The van der Waals surface area contributed by atoms with E-state index in [-0.39, 0.29) is 11.9 Å². The second-order valence-corrected chi connectivity index (χ2v) is 7.10. The minimum absolute atomic E-state index is 0.153. The fourth-order valence-electron chi connectivity index (χ4n) is 3.12. The average Bonchev–Trinajstić information content (AvgIpc) is 3.40.